The van der Waals surface area contributed by atoms with Crippen molar-refractivity contribution in [2.45, 2.75) is 76.8 Å². The molecule has 37 heavy (non-hydrogen) atoms. The second kappa shape index (κ2) is 9.66. The number of thiazole rings is 1. The number of amides is 1. The van der Waals surface area contributed by atoms with Gasteiger partial charge < -0.3 is 30.9 Å². The highest BCUT2D eigenvalue weighted by Crippen LogP contribution is 2.40. The Morgan fingerprint density at radius 1 is 1.11 bits per heavy atom. The van der Waals surface area contributed by atoms with Crippen LogP contribution < -0.4 is 16.0 Å². The third-order valence-corrected chi connectivity index (χ3v) is 8.28. The molecule has 3 aromatic heterocycles. The van der Waals surface area contributed by atoms with Gasteiger partial charge in [0.1, 0.15) is 22.4 Å². The Kier molecular flexibility index (Phi) is 6.67. The Bertz CT molecular complexity index is 1330. The molecule has 0 unspecified atom stereocenters. The first kappa shape index (κ1) is 25.6. The topological polar surface area (TPSA) is 154 Å². The first-order valence-electron chi connectivity index (χ1n) is 12.4. The zero-order valence-electron chi connectivity index (χ0n) is 21.6. The van der Waals surface area contributed by atoms with Crippen molar-refractivity contribution in [3.05, 3.63) is 23.7 Å². The Morgan fingerprint density at radius 3 is 2.54 bits per heavy atom. The molecule has 0 spiro atoms. The number of rotatable bonds is 7. The van der Waals surface area contributed by atoms with E-state index < -0.39 is 35.8 Å². The highest BCUT2D eigenvalue weighted by atomic mass is 32.1. The molecule has 198 valence electrons. The minimum absolute atomic E-state index is 0.364. The van der Waals surface area contributed by atoms with Crippen LogP contribution in [-0.2, 0) is 4.74 Å². The minimum atomic E-state index is -1.08. The summed E-state index contributed by atoms with van der Waals surface area (Å²) in [5, 5.41) is 32.2. The summed E-state index contributed by atoms with van der Waals surface area (Å²) in [6.45, 7) is 7.46. The molecule has 2 fully saturated rings. The fourth-order valence-electron chi connectivity index (χ4n) is 4.97. The molecule has 2 aliphatic rings. The number of alkyl carbamates (subject to hydrolysis) is 1. The van der Waals surface area contributed by atoms with Gasteiger partial charge in [0.25, 0.3) is 0 Å². The number of aliphatic hydroxyl groups excluding tert-OH is 2. The lowest BCUT2D eigenvalue weighted by Gasteiger charge is -2.34. The molecule has 11 nitrogen and oxygen atoms in total. The van der Waals surface area contributed by atoms with Crippen LogP contribution in [0, 0.1) is 19.8 Å². The maximum absolute atomic E-state index is 11.9. The molecule has 2 aliphatic carbocycles. The van der Waals surface area contributed by atoms with Crippen molar-refractivity contribution >= 4 is 39.4 Å². The van der Waals surface area contributed by atoms with Crippen molar-refractivity contribution in [1.82, 2.24) is 25.3 Å². The van der Waals surface area contributed by atoms with Gasteiger partial charge in [0.15, 0.2) is 0 Å². The average molecular weight is 528 g/mol. The third kappa shape index (κ3) is 5.05. The van der Waals surface area contributed by atoms with E-state index in [4.69, 9.17) is 19.7 Å². The van der Waals surface area contributed by atoms with Gasteiger partial charge >= 0.3 is 6.09 Å². The van der Waals surface area contributed by atoms with E-state index in [1.807, 2.05) is 33.8 Å². The molecular formula is C25H33N7O4S. The van der Waals surface area contributed by atoms with Gasteiger partial charge in [-0.2, -0.15) is 4.98 Å². The van der Waals surface area contributed by atoms with Crippen molar-refractivity contribution in [2.24, 2.45) is 5.92 Å². The van der Waals surface area contributed by atoms with Crippen LogP contribution in [0.25, 0.3) is 20.8 Å². The number of aromatic nitrogens is 4. The normalized spacial score (nSPS) is 23.8. The van der Waals surface area contributed by atoms with Crippen LogP contribution in [0.15, 0.2) is 12.3 Å². The number of pyridine rings is 1. The standard InChI is InChI=1S/C25H33N7O4S/c1-11-17(22-30-18-12(2)26-9-8-16(18)37-22)21(31-23(27-11)28-13-6-7-13)29-15-10-14(19(33)20(15)34)25(3,4)32-24(35)36-5/h8-9,13-15,19-20,33-34H,6-7,10H2,1-5H3,(H,32,35)(H2,27,28,29,31)/t14-,15+,19+,20-/m0/s1. The maximum Gasteiger partial charge on any atom is 0.407 e. The second-order valence-electron chi connectivity index (χ2n) is 10.4. The molecule has 0 aliphatic heterocycles. The van der Waals surface area contributed by atoms with E-state index in [1.165, 1.54) is 18.4 Å². The summed E-state index contributed by atoms with van der Waals surface area (Å²) in [5.41, 5.74) is 2.37. The molecular weight excluding hydrogens is 494 g/mol. The van der Waals surface area contributed by atoms with Crippen molar-refractivity contribution in [3.63, 3.8) is 0 Å². The summed E-state index contributed by atoms with van der Waals surface area (Å²) in [5.74, 6) is 0.629. The van der Waals surface area contributed by atoms with Gasteiger partial charge in [0.2, 0.25) is 5.95 Å². The van der Waals surface area contributed by atoms with Crippen LogP contribution in [0.3, 0.4) is 0 Å². The number of nitrogens with zero attached hydrogens (tertiary/aromatic N) is 4. The number of hydrogen-bond donors (Lipinski definition) is 5. The third-order valence-electron chi connectivity index (χ3n) is 7.25. The first-order chi connectivity index (χ1) is 17.6. The lowest BCUT2D eigenvalue weighted by Crippen LogP contribution is -2.52. The van der Waals surface area contributed by atoms with Crippen LogP contribution in [0.5, 0.6) is 0 Å². The highest BCUT2D eigenvalue weighted by molar-refractivity contribution is 7.21. The first-order valence-corrected chi connectivity index (χ1v) is 13.3. The van der Waals surface area contributed by atoms with E-state index in [2.05, 4.69) is 20.9 Å². The number of hydrogen-bond acceptors (Lipinski definition) is 11. The number of methoxy groups -OCH3 is 1. The van der Waals surface area contributed by atoms with Gasteiger partial charge in [0, 0.05) is 23.7 Å². The summed E-state index contributed by atoms with van der Waals surface area (Å²) < 4.78 is 5.76. The number of carbonyl (C=O) groups excluding carboxylic acids is 1. The number of ether oxygens (including phenoxy) is 1. The van der Waals surface area contributed by atoms with E-state index in [0.29, 0.717) is 24.2 Å². The van der Waals surface area contributed by atoms with E-state index in [9.17, 15) is 15.0 Å². The van der Waals surface area contributed by atoms with E-state index in [1.54, 1.807) is 6.20 Å². The van der Waals surface area contributed by atoms with Gasteiger partial charge in [0.05, 0.1) is 40.9 Å². The number of anilines is 2. The molecule has 1 amide bonds. The fraction of sp³-hybridized carbons (Fsp3) is 0.560. The van der Waals surface area contributed by atoms with Gasteiger partial charge in [-0.25, -0.2) is 14.8 Å². The molecule has 0 saturated heterocycles. The molecule has 0 bridgehead atoms. The molecule has 0 radical (unpaired) electrons. The van der Waals surface area contributed by atoms with Crippen molar-refractivity contribution in [1.29, 1.82) is 0 Å². The number of aryl methyl sites for hydroxylation is 2. The van der Waals surface area contributed by atoms with Gasteiger partial charge in [-0.05, 0) is 53.0 Å². The van der Waals surface area contributed by atoms with Crippen molar-refractivity contribution < 1.29 is 19.7 Å². The van der Waals surface area contributed by atoms with E-state index in [0.717, 1.165) is 45.0 Å². The zero-order valence-corrected chi connectivity index (χ0v) is 22.4. The van der Waals surface area contributed by atoms with Crippen molar-refractivity contribution in [2.75, 3.05) is 17.7 Å². The predicted octanol–water partition coefficient (Wildman–Crippen LogP) is 3.00. The number of fused-ring (bicyclic) bond motifs is 1. The van der Waals surface area contributed by atoms with Crippen LogP contribution >= 0.6 is 11.3 Å². The fourth-order valence-corrected chi connectivity index (χ4v) is 6.08. The second-order valence-corrected chi connectivity index (χ2v) is 11.5. The molecule has 5 N–H and O–H groups in total. The summed E-state index contributed by atoms with van der Waals surface area (Å²) >= 11 is 1.53. The van der Waals surface area contributed by atoms with Gasteiger partial charge in [-0.15, -0.1) is 11.3 Å². The van der Waals surface area contributed by atoms with Crippen LogP contribution in [0.1, 0.15) is 44.5 Å². The minimum Gasteiger partial charge on any atom is -0.453 e. The van der Waals surface area contributed by atoms with Gasteiger partial charge in [-0.1, -0.05) is 0 Å². The Labute approximate surface area is 219 Å². The number of nitrogens with one attached hydrogen (secondary N) is 3. The quantitative estimate of drug-likeness (QED) is 0.310. The Morgan fingerprint density at radius 2 is 1.86 bits per heavy atom. The summed E-state index contributed by atoms with van der Waals surface area (Å²) in [7, 11) is 1.29. The van der Waals surface area contributed by atoms with Gasteiger partial charge in [-0.3, -0.25) is 4.98 Å². The Hall–Kier alpha value is -3.09. The molecule has 2 saturated carbocycles. The monoisotopic (exact) mass is 527 g/mol. The molecule has 3 aromatic rings. The van der Waals surface area contributed by atoms with E-state index in [-0.39, 0.29) is 0 Å². The summed E-state index contributed by atoms with van der Waals surface area (Å²) in [6.07, 6.45) is 1.60. The lowest BCUT2D eigenvalue weighted by molar-refractivity contribution is -0.00233. The smallest absolute Gasteiger partial charge is 0.407 e. The van der Waals surface area contributed by atoms with Crippen LogP contribution in [-0.4, -0.2) is 73.2 Å². The SMILES string of the molecule is COC(=O)NC(C)(C)[C@H]1C[C@@H](Nc2nc(NC3CC3)nc(C)c2-c2nc3c(C)nccc3s2)[C@H](O)[C@@H]1O. The zero-order chi connectivity index (χ0) is 26.5. The molecule has 4 atom stereocenters. The lowest BCUT2D eigenvalue weighted by atomic mass is 9.84. The Balaban J connectivity index is 1.50. The predicted molar refractivity (Wildman–Crippen MR) is 142 cm³/mol. The molecule has 5 rings (SSSR count). The highest BCUT2D eigenvalue weighted by Gasteiger charge is 2.49. The molecule has 12 heteroatoms. The maximum atomic E-state index is 11.9. The van der Waals surface area contributed by atoms with E-state index >= 15 is 0 Å². The average Bonchev–Trinajstić information content (AvgIpc) is 3.46. The molecule has 0 aromatic carbocycles. The number of carbonyl (C=O) groups is 1. The van der Waals surface area contributed by atoms with Crippen LogP contribution in [0.4, 0.5) is 16.6 Å². The summed E-state index contributed by atoms with van der Waals surface area (Å²) in [6, 6.07) is 1.79. The van der Waals surface area contributed by atoms with Crippen LogP contribution in [0.2, 0.25) is 0 Å². The summed E-state index contributed by atoms with van der Waals surface area (Å²) in [4.78, 5) is 30.6. The largest absolute Gasteiger partial charge is 0.453 e. The molecule has 3 heterocycles. The number of aliphatic hydroxyl groups is 2. The van der Waals surface area contributed by atoms with Crippen molar-refractivity contribution in [3.8, 4) is 10.6 Å².